The van der Waals surface area contributed by atoms with E-state index in [1.807, 2.05) is 0 Å². The zero-order valence-electron chi connectivity index (χ0n) is 12.7. The van der Waals surface area contributed by atoms with E-state index in [0.717, 1.165) is 37.9 Å². The molecule has 2 aliphatic carbocycles. The molecule has 1 spiro atoms. The number of benzene rings is 1. The molecule has 3 N–H and O–H groups in total. The zero-order chi connectivity index (χ0) is 15.1. The number of phenols is 1. The number of piperidine rings is 1. The van der Waals surface area contributed by atoms with E-state index in [2.05, 4.69) is 23.1 Å². The number of rotatable bonds is 0. The number of hydrazone groups is 1. The largest absolute Gasteiger partial charge is 0.504 e. The SMILES string of the molecule is CN1CC[C@]23c4c5ccc(O)c4O[C@H]2C(=NN)CC[C@H]3[C@H]1C5. The number of ether oxygens (including phenoxy) is 1. The van der Waals surface area contributed by atoms with Crippen LogP contribution in [0.25, 0.3) is 0 Å². The summed E-state index contributed by atoms with van der Waals surface area (Å²) in [4.78, 5) is 2.51. The topological polar surface area (TPSA) is 71.1 Å². The fourth-order valence-electron chi connectivity index (χ4n) is 5.67. The standard InChI is InChI=1S/C17H21N3O2/c1-20-7-6-17-10-3-4-11(19-18)16(17)22-15-13(21)5-2-9(14(15)17)8-12(10)20/h2,5,10,12,16,21H,3-4,6-8,18H2,1H3/t10-,12+,16-,17-/m0/s1. The highest BCUT2D eigenvalue weighted by molar-refractivity contribution is 5.93. The van der Waals surface area contributed by atoms with E-state index < -0.39 is 0 Å². The maximum absolute atomic E-state index is 10.3. The van der Waals surface area contributed by atoms with Crippen molar-refractivity contribution in [2.75, 3.05) is 13.6 Å². The number of hydrogen-bond donors (Lipinski definition) is 2. The third-order valence-corrected chi connectivity index (χ3v) is 6.57. The molecule has 116 valence electrons. The molecule has 1 aromatic carbocycles. The fourth-order valence-corrected chi connectivity index (χ4v) is 5.67. The normalized spacial score (nSPS) is 40.4. The minimum atomic E-state index is -0.0881. The Labute approximate surface area is 129 Å². The van der Waals surface area contributed by atoms with Crippen LogP contribution < -0.4 is 10.6 Å². The summed E-state index contributed by atoms with van der Waals surface area (Å²) in [6.07, 6.45) is 4.03. The van der Waals surface area contributed by atoms with Gasteiger partial charge in [-0.3, -0.25) is 0 Å². The van der Waals surface area contributed by atoms with E-state index in [9.17, 15) is 5.11 Å². The monoisotopic (exact) mass is 299 g/mol. The van der Waals surface area contributed by atoms with Crippen molar-refractivity contribution in [1.29, 1.82) is 0 Å². The number of likely N-dealkylation sites (tertiary alicyclic amines) is 1. The quantitative estimate of drug-likeness (QED) is 0.561. The number of nitrogens with two attached hydrogens (primary N) is 1. The van der Waals surface area contributed by atoms with E-state index in [-0.39, 0.29) is 17.3 Å². The third kappa shape index (κ3) is 1.24. The Hall–Kier alpha value is -1.75. The Bertz CT molecular complexity index is 701. The molecule has 0 amide bonds. The Morgan fingerprint density at radius 1 is 1.45 bits per heavy atom. The third-order valence-electron chi connectivity index (χ3n) is 6.57. The van der Waals surface area contributed by atoms with Crippen LogP contribution in [-0.2, 0) is 11.8 Å². The first kappa shape index (κ1) is 12.8. The minimum Gasteiger partial charge on any atom is -0.504 e. The number of phenolic OH excluding ortho intramolecular Hbond substituents is 1. The average molecular weight is 299 g/mol. The summed E-state index contributed by atoms with van der Waals surface area (Å²) >= 11 is 0. The summed E-state index contributed by atoms with van der Waals surface area (Å²) < 4.78 is 6.27. The maximum Gasteiger partial charge on any atom is 0.166 e. The lowest BCUT2D eigenvalue weighted by atomic mass is 9.51. The van der Waals surface area contributed by atoms with Gasteiger partial charge >= 0.3 is 0 Å². The average Bonchev–Trinajstić information content (AvgIpc) is 2.88. The fraction of sp³-hybridized carbons (Fsp3) is 0.588. The van der Waals surface area contributed by atoms with Gasteiger partial charge in [0.2, 0.25) is 0 Å². The Morgan fingerprint density at radius 2 is 2.32 bits per heavy atom. The summed E-state index contributed by atoms with van der Waals surface area (Å²) in [6, 6.07) is 4.41. The van der Waals surface area contributed by atoms with Gasteiger partial charge in [-0.1, -0.05) is 6.07 Å². The van der Waals surface area contributed by atoms with Gasteiger partial charge in [-0.25, -0.2) is 0 Å². The van der Waals surface area contributed by atoms with Crippen LogP contribution in [-0.4, -0.2) is 41.5 Å². The molecule has 2 fully saturated rings. The molecule has 0 aromatic heterocycles. The van der Waals surface area contributed by atoms with E-state index in [4.69, 9.17) is 10.6 Å². The van der Waals surface area contributed by atoms with Crippen molar-refractivity contribution in [3.8, 4) is 11.5 Å². The molecule has 1 saturated carbocycles. The van der Waals surface area contributed by atoms with Gasteiger partial charge in [0, 0.05) is 17.0 Å². The molecule has 4 atom stereocenters. The first-order chi connectivity index (χ1) is 10.7. The van der Waals surface area contributed by atoms with E-state index in [1.54, 1.807) is 6.07 Å². The lowest BCUT2D eigenvalue weighted by molar-refractivity contribution is -0.00696. The molecular weight excluding hydrogens is 278 g/mol. The number of aromatic hydroxyl groups is 1. The van der Waals surface area contributed by atoms with Crippen LogP contribution >= 0.6 is 0 Å². The second-order valence-electron chi connectivity index (χ2n) is 7.25. The van der Waals surface area contributed by atoms with Gasteiger partial charge in [-0.05, 0) is 56.8 Å². The van der Waals surface area contributed by atoms with Crippen molar-refractivity contribution in [2.45, 2.75) is 43.2 Å². The zero-order valence-corrected chi connectivity index (χ0v) is 12.7. The van der Waals surface area contributed by atoms with Crippen LogP contribution in [0.1, 0.15) is 30.4 Å². The van der Waals surface area contributed by atoms with Crippen LogP contribution in [0, 0.1) is 5.92 Å². The van der Waals surface area contributed by atoms with E-state index >= 15 is 0 Å². The molecule has 1 aromatic rings. The molecule has 2 heterocycles. The highest BCUT2D eigenvalue weighted by atomic mass is 16.5. The second-order valence-corrected chi connectivity index (χ2v) is 7.25. The highest BCUT2D eigenvalue weighted by Crippen LogP contribution is 2.63. The lowest BCUT2D eigenvalue weighted by Crippen LogP contribution is -2.65. The molecule has 5 rings (SSSR count). The van der Waals surface area contributed by atoms with Crippen LogP contribution in [0.2, 0.25) is 0 Å². The van der Waals surface area contributed by atoms with Crippen LogP contribution in [0.3, 0.4) is 0 Å². The first-order valence-electron chi connectivity index (χ1n) is 8.15. The molecule has 0 unspecified atom stereocenters. The molecule has 1 saturated heterocycles. The van der Waals surface area contributed by atoms with Crippen LogP contribution in [0.5, 0.6) is 11.5 Å². The number of nitrogens with zero attached hydrogens (tertiary/aromatic N) is 2. The lowest BCUT2D eigenvalue weighted by Gasteiger charge is -2.57. The van der Waals surface area contributed by atoms with Gasteiger partial charge in [-0.2, -0.15) is 5.10 Å². The molecule has 2 bridgehead atoms. The van der Waals surface area contributed by atoms with Gasteiger partial charge in [0.05, 0.1) is 5.71 Å². The summed E-state index contributed by atoms with van der Waals surface area (Å²) in [5.41, 5.74) is 3.52. The Balaban J connectivity index is 1.82. The molecule has 2 aliphatic heterocycles. The van der Waals surface area contributed by atoms with Crippen molar-refractivity contribution in [3.05, 3.63) is 23.3 Å². The summed E-state index contributed by atoms with van der Waals surface area (Å²) in [5.74, 6) is 7.18. The van der Waals surface area contributed by atoms with Crippen molar-refractivity contribution in [3.63, 3.8) is 0 Å². The van der Waals surface area contributed by atoms with Crippen LogP contribution in [0.4, 0.5) is 0 Å². The summed E-state index contributed by atoms with van der Waals surface area (Å²) in [7, 11) is 2.24. The molecule has 22 heavy (non-hydrogen) atoms. The Kier molecular flexibility index (Phi) is 2.30. The van der Waals surface area contributed by atoms with Crippen molar-refractivity contribution in [2.24, 2.45) is 16.9 Å². The molecule has 0 radical (unpaired) electrons. The smallest absolute Gasteiger partial charge is 0.166 e. The second kappa shape index (κ2) is 3.96. The van der Waals surface area contributed by atoms with Crippen molar-refractivity contribution < 1.29 is 9.84 Å². The van der Waals surface area contributed by atoms with Crippen LogP contribution in [0.15, 0.2) is 17.2 Å². The summed E-state index contributed by atoms with van der Waals surface area (Å²) in [5, 5.41) is 14.4. The molecule has 5 heteroatoms. The summed E-state index contributed by atoms with van der Waals surface area (Å²) in [6.45, 7) is 1.06. The van der Waals surface area contributed by atoms with Gasteiger partial charge in [0.15, 0.2) is 11.5 Å². The molecule has 5 nitrogen and oxygen atoms in total. The van der Waals surface area contributed by atoms with Gasteiger partial charge in [0.25, 0.3) is 0 Å². The first-order valence-corrected chi connectivity index (χ1v) is 8.15. The maximum atomic E-state index is 10.3. The molecular formula is C17H21N3O2. The van der Waals surface area contributed by atoms with Gasteiger partial charge < -0.3 is 20.6 Å². The van der Waals surface area contributed by atoms with Gasteiger partial charge in [-0.15, -0.1) is 0 Å². The predicted octanol–water partition coefficient (Wildman–Crippen LogP) is 1.38. The number of likely N-dealkylation sites (N-methyl/N-ethyl adjacent to an activating group) is 1. The minimum absolute atomic E-state index is 0.0325. The highest BCUT2D eigenvalue weighted by Gasteiger charge is 2.64. The van der Waals surface area contributed by atoms with Gasteiger partial charge in [0.1, 0.15) is 6.10 Å². The molecule has 4 aliphatic rings. The van der Waals surface area contributed by atoms with Crippen molar-refractivity contribution in [1.82, 2.24) is 4.90 Å². The van der Waals surface area contributed by atoms with Crippen molar-refractivity contribution >= 4 is 5.71 Å². The Morgan fingerprint density at radius 3 is 3.14 bits per heavy atom. The van der Waals surface area contributed by atoms with E-state index in [1.165, 1.54) is 11.1 Å². The van der Waals surface area contributed by atoms with E-state index in [0.29, 0.717) is 17.7 Å². The predicted molar refractivity (Wildman–Crippen MR) is 83.3 cm³/mol. The number of hydrogen-bond acceptors (Lipinski definition) is 5.